The number of alkyl halides is 3. The van der Waals surface area contributed by atoms with Crippen molar-refractivity contribution in [2.45, 2.75) is 13.1 Å². The zero-order valence-corrected chi connectivity index (χ0v) is 13.0. The van der Waals surface area contributed by atoms with Crippen molar-refractivity contribution < 1.29 is 22.8 Å². The standard InChI is InChI=1S/C17H15F3N2O2/c1-11(23)22(2)15-9-7-14(8-10-15)21-16(24)12-3-5-13(6-4-12)17(18,19)20/h3-10H,1-2H3,(H,21,24). The number of hydrogen-bond acceptors (Lipinski definition) is 2. The van der Waals surface area contributed by atoms with Crippen molar-refractivity contribution >= 4 is 23.2 Å². The van der Waals surface area contributed by atoms with Crippen LogP contribution in [0.3, 0.4) is 0 Å². The molecule has 0 atom stereocenters. The molecule has 2 aromatic rings. The van der Waals surface area contributed by atoms with E-state index >= 15 is 0 Å². The summed E-state index contributed by atoms with van der Waals surface area (Å²) in [6, 6.07) is 10.5. The molecule has 126 valence electrons. The highest BCUT2D eigenvalue weighted by atomic mass is 19.4. The molecule has 7 heteroatoms. The lowest BCUT2D eigenvalue weighted by atomic mass is 10.1. The molecule has 0 radical (unpaired) electrons. The molecule has 24 heavy (non-hydrogen) atoms. The second-order valence-electron chi connectivity index (χ2n) is 5.15. The Labute approximate surface area is 136 Å². The van der Waals surface area contributed by atoms with E-state index in [1.54, 1.807) is 31.3 Å². The number of rotatable bonds is 3. The first-order valence-electron chi connectivity index (χ1n) is 7.01. The normalized spacial score (nSPS) is 11.0. The van der Waals surface area contributed by atoms with E-state index in [-0.39, 0.29) is 11.5 Å². The van der Waals surface area contributed by atoms with Gasteiger partial charge in [-0.1, -0.05) is 0 Å². The maximum atomic E-state index is 12.5. The number of amides is 2. The quantitative estimate of drug-likeness (QED) is 0.923. The predicted octanol–water partition coefficient (Wildman–Crippen LogP) is 3.94. The molecule has 0 aromatic heterocycles. The molecular weight excluding hydrogens is 321 g/mol. The average molecular weight is 336 g/mol. The Morgan fingerprint density at radius 2 is 1.50 bits per heavy atom. The fraction of sp³-hybridized carbons (Fsp3) is 0.176. The van der Waals surface area contributed by atoms with Crippen molar-refractivity contribution in [2.75, 3.05) is 17.3 Å². The van der Waals surface area contributed by atoms with Gasteiger partial charge in [0.05, 0.1) is 5.56 Å². The van der Waals surface area contributed by atoms with Crippen LogP contribution in [0.1, 0.15) is 22.8 Å². The molecule has 0 spiro atoms. The second kappa shape index (κ2) is 6.74. The Balaban J connectivity index is 2.08. The summed E-state index contributed by atoms with van der Waals surface area (Å²) in [5, 5.41) is 2.59. The number of carbonyl (C=O) groups is 2. The van der Waals surface area contributed by atoms with Crippen LogP contribution in [-0.4, -0.2) is 18.9 Å². The van der Waals surface area contributed by atoms with E-state index in [0.29, 0.717) is 11.4 Å². The van der Waals surface area contributed by atoms with Gasteiger partial charge >= 0.3 is 6.18 Å². The zero-order chi connectivity index (χ0) is 17.9. The Kier molecular flexibility index (Phi) is 4.92. The lowest BCUT2D eigenvalue weighted by Crippen LogP contribution is -2.22. The van der Waals surface area contributed by atoms with Crippen LogP contribution in [0.5, 0.6) is 0 Å². The van der Waals surface area contributed by atoms with Gasteiger partial charge in [0.15, 0.2) is 0 Å². The van der Waals surface area contributed by atoms with E-state index in [2.05, 4.69) is 5.32 Å². The third-order valence-electron chi connectivity index (χ3n) is 3.46. The van der Waals surface area contributed by atoms with Crippen molar-refractivity contribution in [2.24, 2.45) is 0 Å². The summed E-state index contributed by atoms with van der Waals surface area (Å²) in [4.78, 5) is 24.8. The molecule has 2 amide bonds. The first kappa shape index (κ1) is 17.5. The van der Waals surface area contributed by atoms with E-state index in [1.165, 1.54) is 11.8 Å². The Bertz CT molecular complexity index is 738. The van der Waals surface area contributed by atoms with E-state index in [1.807, 2.05) is 0 Å². The zero-order valence-electron chi connectivity index (χ0n) is 13.0. The van der Waals surface area contributed by atoms with E-state index in [4.69, 9.17) is 0 Å². The summed E-state index contributed by atoms with van der Waals surface area (Å²) in [5.41, 5.74) is 0.444. The van der Waals surface area contributed by atoms with Crippen molar-refractivity contribution in [3.63, 3.8) is 0 Å². The molecule has 0 saturated carbocycles. The number of halogens is 3. The Hall–Kier alpha value is -2.83. The summed E-state index contributed by atoms with van der Waals surface area (Å²) in [6.07, 6.45) is -4.44. The molecule has 2 aromatic carbocycles. The van der Waals surface area contributed by atoms with Gasteiger partial charge in [-0.05, 0) is 48.5 Å². The molecule has 1 N–H and O–H groups in total. The maximum Gasteiger partial charge on any atom is 0.416 e. The summed E-state index contributed by atoms with van der Waals surface area (Å²) < 4.78 is 37.5. The van der Waals surface area contributed by atoms with Crippen molar-refractivity contribution in [1.29, 1.82) is 0 Å². The van der Waals surface area contributed by atoms with Crippen molar-refractivity contribution in [3.05, 3.63) is 59.7 Å². The lowest BCUT2D eigenvalue weighted by molar-refractivity contribution is -0.137. The summed E-state index contributed by atoms with van der Waals surface area (Å²) in [6.45, 7) is 1.43. The van der Waals surface area contributed by atoms with Crippen LogP contribution in [0.4, 0.5) is 24.5 Å². The molecular formula is C17H15F3N2O2. The first-order valence-corrected chi connectivity index (χ1v) is 7.01. The fourth-order valence-corrected chi connectivity index (χ4v) is 1.96. The molecule has 4 nitrogen and oxygen atoms in total. The van der Waals surface area contributed by atoms with E-state index in [0.717, 1.165) is 24.3 Å². The van der Waals surface area contributed by atoms with Crippen molar-refractivity contribution in [3.8, 4) is 0 Å². The first-order chi connectivity index (χ1) is 11.2. The fourth-order valence-electron chi connectivity index (χ4n) is 1.96. The molecule has 0 aliphatic carbocycles. The topological polar surface area (TPSA) is 49.4 Å². The molecule has 0 heterocycles. The SMILES string of the molecule is CC(=O)N(C)c1ccc(NC(=O)c2ccc(C(F)(F)F)cc2)cc1. The van der Waals surface area contributed by atoms with Gasteiger partial charge in [-0.3, -0.25) is 9.59 Å². The number of nitrogens with zero attached hydrogens (tertiary/aromatic N) is 1. The van der Waals surface area contributed by atoms with Gasteiger partial charge in [-0.15, -0.1) is 0 Å². The lowest BCUT2D eigenvalue weighted by Gasteiger charge is -2.15. The van der Waals surface area contributed by atoms with Gasteiger partial charge in [0, 0.05) is 30.9 Å². The molecule has 0 bridgehead atoms. The van der Waals surface area contributed by atoms with Gasteiger partial charge in [-0.2, -0.15) is 13.2 Å². The van der Waals surface area contributed by atoms with Crippen molar-refractivity contribution in [1.82, 2.24) is 0 Å². The smallest absolute Gasteiger partial charge is 0.322 e. The van der Waals surface area contributed by atoms with Crippen LogP contribution in [-0.2, 0) is 11.0 Å². The number of hydrogen-bond donors (Lipinski definition) is 1. The average Bonchev–Trinajstić information content (AvgIpc) is 2.54. The molecule has 0 aliphatic rings. The minimum atomic E-state index is -4.44. The molecule has 0 unspecified atom stereocenters. The summed E-state index contributed by atoms with van der Waals surface area (Å²) in [7, 11) is 1.62. The van der Waals surface area contributed by atoms with E-state index < -0.39 is 17.6 Å². The van der Waals surface area contributed by atoms with Crippen LogP contribution in [0.15, 0.2) is 48.5 Å². The van der Waals surface area contributed by atoms with Gasteiger partial charge < -0.3 is 10.2 Å². The molecule has 0 aliphatic heterocycles. The second-order valence-corrected chi connectivity index (χ2v) is 5.15. The minimum Gasteiger partial charge on any atom is -0.322 e. The van der Waals surface area contributed by atoms with Crippen LogP contribution < -0.4 is 10.2 Å². The maximum absolute atomic E-state index is 12.5. The predicted molar refractivity (Wildman–Crippen MR) is 84.9 cm³/mol. The number of benzene rings is 2. The molecule has 0 fully saturated rings. The van der Waals surface area contributed by atoms with Crippen LogP contribution in [0, 0.1) is 0 Å². The monoisotopic (exact) mass is 336 g/mol. The van der Waals surface area contributed by atoms with Crippen LogP contribution in [0.2, 0.25) is 0 Å². The van der Waals surface area contributed by atoms with Gasteiger partial charge in [-0.25, -0.2) is 0 Å². The van der Waals surface area contributed by atoms with Crippen LogP contribution >= 0.6 is 0 Å². The number of nitrogens with one attached hydrogen (secondary N) is 1. The minimum absolute atomic E-state index is 0.118. The summed E-state index contributed by atoms with van der Waals surface area (Å²) >= 11 is 0. The van der Waals surface area contributed by atoms with Gasteiger partial charge in [0.25, 0.3) is 5.91 Å². The Morgan fingerprint density at radius 3 is 1.96 bits per heavy atom. The summed E-state index contributed by atoms with van der Waals surface area (Å²) in [5.74, 6) is -0.645. The van der Waals surface area contributed by atoms with E-state index in [9.17, 15) is 22.8 Å². The molecule has 2 rings (SSSR count). The highest BCUT2D eigenvalue weighted by Crippen LogP contribution is 2.29. The number of anilines is 2. The highest BCUT2D eigenvalue weighted by molar-refractivity contribution is 6.04. The van der Waals surface area contributed by atoms with Crippen LogP contribution in [0.25, 0.3) is 0 Å². The number of carbonyl (C=O) groups excluding carboxylic acids is 2. The molecule has 0 saturated heterocycles. The van der Waals surface area contributed by atoms with Gasteiger partial charge in [0.2, 0.25) is 5.91 Å². The van der Waals surface area contributed by atoms with Gasteiger partial charge in [0.1, 0.15) is 0 Å². The Morgan fingerprint density at radius 1 is 0.958 bits per heavy atom. The highest BCUT2D eigenvalue weighted by Gasteiger charge is 2.30. The largest absolute Gasteiger partial charge is 0.416 e. The third-order valence-corrected chi connectivity index (χ3v) is 3.46. The third kappa shape index (κ3) is 4.13.